The van der Waals surface area contributed by atoms with E-state index >= 15 is 0 Å². The Morgan fingerprint density at radius 3 is 2.39 bits per heavy atom. The van der Waals surface area contributed by atoms with E-state index in [1.165, 1.54) is 6.07 Å². The first-order chi connectivity index (χ1) is 16.8. The fourth-order valence-corrected chi connectivity index (χ4v) is 4.04. The van der Waals surface area contributed by atoms with Gasteiger partial charge in [-0.05, 0) is 56.3 Å². The Morgan fingerprint density at radius 2 is 1.83 bits per heavy atom. The number of anilines is 2. The predicted molar refractivity (Wildman–Crippen MR) is 122 cm³/mol. The molecule has 36 heavy (non-hydrogen) atoms. The second-order valence-electron chi connectivity index (χ2n) is 7.80. The van der Waals surface area contributed by atoms with Crippen molar-refractivity contribution in [1.82, 2.24) is 10.3 Å². The number of pyridine rings is 1. The van der Waals surface area contributed by atoms with Crippen LogP contribution in [0, 0.1) is 5.92 Å². The molecule has 1 aromatic carbocycles. The maximum Gasteiger partial charge on any atom is 0.493 e. The standard InChI is InChI=1S/C21H20ClF3N4O6S/c1-36(33,34)14-3-4-16(28-18(30)12-6-8-26-9-7-12)15(10-14)19(31)29(35-20(32)21(23,24)25)17-5-2-13(22)11-27-17/h2-5,10-12,26H,6-9H2,1H3,(H,28,30). The Hall–Kier alpha value is -3.23. The van der Waals surface area contributed by atoms with Crippen LogP contribution in [-0.4, -0.2) is 56.7 Å². The van der Waals surface area contributed by atoms with Gasteiger partial charge in [-0.15, -0.1) is 5.06 Å². The van der Waals surface area contributed by atoms with Crippen molar-refractivity contribution >= 4 is 50.7 Å². The summed E-state index contributed by atoms with van der Waals surface area (Å²) in [7, 11) is -3.88. The minimum atomic E-state index is -5.47. The second-order valence-corrected chi connectivity index (χ2v) is 10.3. The van der Waals surface area contributed by atoms with Gasteiger partial charge < -0.3 is 15.5 Å². The summed E-state index contributed by atoms with van der Waals surface area (Å²) in [6.07, 6.45) is -2.62. The van der Waals surface area contributed by atoms with Crippen molar-refractivity contribution < 1.29 is 40.8 Å². The number of carbonyl (C=O) groups excluding carboxylic acids is 3. The van der Waals surface area contributed by atoms with Crippen LogP contribution in [0.3, 0.4) is 0 Å². The van der Waals surface area contributed by atoms with E-state index in [9.17, 15) is 36.0 Å². The number of piperidine rings is 1. The molecule has 2 amide bonds. The fraction of sp³-hybridized carbons (Fsp3) is 0.333. The second kappa shape index (κ2) is 10.8. The molecule has 1 fully saturated rings. The molecule has 1 aliphatic rings. The molecule has 0 bridgehead atoms. The number of aromatic nitrogens is 1. The van der Waals surface area contributed by atoms with E-state index in [0.29, 0.717) is 25.9 Å². The molecule has 1 saturated heterocycles. The van der Waals surface area contributed by atoms with Crippen molar-refractivity contribution in [3.63, 3.8) is 0 Å². The summed E-state index contributed by atoms with van der Waals surface area (Å²) in [5, 5.41) is 5.64. The quantitative estimate of drug-likeness (QED) is 0.545. The number of sulfone groups is 1. The highest BCUT2D eigenvalue weighted by Gasteiger charge is 2.44. The topological polar surface area (TPSA) is 135 Å². The number of amides is 2. The van der Waals surface area contributed by atoms with Gasteiger partial charge in [0.05, 0.1) is 21.2 Å². The molecule has 2 heterocycles. The smallest absolute Gasteiger partial charge is 0.325 e. The number of rotatable bonds is 5. The number of carbonyl (C=O) groups is 3. The van der Waals surface area contributed by atoms with Crippen molar-refractivity contribution in [3.8, 4) is 0 Å². The molecule has 0 unspecified atom stereocenters. The van der Waals surface area contributed by atoms with Gasteiger partial charge in [0.25, 0.3) is 5.91 Å². The molecule has 2 N–H and O–H groups in total. The van der Waals surface area contributed by atoms with Crippen LogP contribution in [-0.2, 0) is 24.3 Å². The molecule has 0 spiro atoms. The number of hydrogen-bond donors (Lipinski definition) is 2. The molecule has 1 aromatic heterocycles. The Labute approximate surface area is 208 Å². The minimum absolute atomic E-state index is 0.0479. The predicted octanol–water partition coefficient (Wildman–Crippen LogP) is 2.74. The van der Waals surface area contributed by atoms with Gasteiger partial charge in [-0.3, -0.25) is 9.59 Å². The van der Waals surface area contributed by atoms with Crippen molar-refractivity contribution in [3.05, 3.63) is 47.1 Å². The molecular weight excluding hydrogens is 529 g/mol. The maximum absolute atomic E-state index is 13.4. The summed E-state index contributed by atoms with van der Waals surface area (Å²) in [6, 6.07) is 5.30. The lowest BCUT2D eigenvalue weighted by molar-refractivity contribution is -0.200. The molecular formula is C21H20ClF3N4O6S. The third kappa shape index (κ3) is 6.71. The van der Waals surface area contributed by atoms with Crippen LogP contribution >= 0.6 is 11.6 Å². The zero-order valence-corrected chi connectivity index (χ0v) is 20.2. The molecule has 0 atom stereocenters. The normalized spacial score (nSPS) is 14.7. The van der Waals surface area contributed by atoms with Gasteiger partial charge in [-0.25, -0.2) is 18.2 Å². The molecule has 10 nitrogen and oxygen atoms in total. The van der Waals surface area contributed by atoms with Crippen LogP contribution in [0.1, 0.15) is 23.2 Å². The number of benzene rings is 1. The molecule has 0 saturated carbocycles. The maximum atomic E-state index is 13.4. The monoisotopic (exact) mass is 548 g/mol. The zero-order chi connectivity index (χ0) is 26.7. The van der Waals surface area contributed by atoms with Gasteiger partial charge in [0.15, 0.2) is 15.7 Å². The number of nitrogens with one attached hydrogen (secondary N) is 2. The highest BCUT2D eigenvalue weighted by molar-refractivity contribution is 7.90. The molecule has 194 valence electrons. The van der Waals surface area contributed by atoms with Crippen LogP contribution in [0.5, 0.6) is 0 Å². The molecule has 0 radical (unpaired) electrons. The first kappa shape index (κ1) is 27.4. The van der Waals surface area contributed by atoms with E-state index in [0.717, 1.165) is 36.7 Å². The summed E-state index contributed by atoms with van der Waals surface area (Å²) >= 11 is 5.75. The largest absolute Gasteiger partial charge is 0.493 e. The van der Waals surface area contributed by atoms with Crippen molar-refractivity contribution in [2.24, 2.45) is 5.92 Å². The van der Waals surface area contributed by atoms with E-state index in [-0.39, 0.29) is 20.7 Å². The third-order valence-corrected chi connectivity index (χ3v) is 6.46. The van der Waals surface area contributed by atoms with Crippen molar-refractivity contribution in [2.45, 2.75) is 23.9 Å². The lowest BCUT2D eigenvalue weighted by atomic mass is 9.97. The zero-order valence-electron chi connectivity index (χ0n) is 18.6. The van der Waals surface area contributed by atoms with E-state index in [1.807, 2.05) is 0 Å². The van der Waals surface area contributed by atoms with E-state index in [2.05, 4.69) is 20.5 Å². The Bertz CT molecular complexity index is 1270. The molecule has 15 heteroatoms. The summed E-state index contributed by atoms with van der Waals surface area (Å²) < 4.78 is 63.0. The highest BCUT2D eigenvalue weighted by Crippen LogP contribution is 2.28. The number of hydrogen-bond acceptors (Lipinski definition) is 8. The SMILES string of the molecule is CS(=O)(=O)c1ccc(NC(=O)C2CCNCC2)c(C(=O)N(OC(=O)C(F)(F)F)c2ccc(Cl)cn2)c1. The van der Waals surface area contributed by atoms with Gasteiger partial charge in [0, 0.05) is 18.4 Å². The van der Waals surface area contributed by atoms with Crippen LogP contribution in [0.4, 0.5) is 24.7 Å². The van der Waals surface area contributed by atoms with E-state index in [1.54, 1.807) is 0 Å². The average Bonchev–Trinajstić information content (AvgIpc) is 2.82. The van der Waals surface area contributed by atoms with Crippen LogP contribution in [0.25, 0.3) is 0 Å². The summed E-state index contributed by atoms with van der Waals surface area (Å²) in [6.45, 7) is 1.17. The van der Waals surface area contributed by atoms with Crippen LogP contribution in [0.15, 0.2) is 41.4 Å². The molecule has 2 aromatic rings. The van der Waals surface area contributed by atoms with Gasteiger partial charge in [-0.2, -0.15) is 13.2 Å². The Kier molecular flexibility index (Phi) is 8.21. The fourth-order valence-electron chi connectivity index (χ4n) is 3.28. The Balaban J connectivity index is 2.07. The van der Waals surface area contributed by atoms with E-state index < -0.39 is 51.1 Å². The lowest BCUT2D eigenvalue weighted by Gasteiger charge is -2.24. The summed E-state index contributed by atoms with van der Waals surface area (Å²) in [5.41, 5.74) is -0.745. The first-order valence-corrected chi connectivity index (χ1v) is 12.6. The number of nitrogens with zero attached hydrogens (tertiary/aromatic N) is 2. The highest BCUT2D eigenvalue weighted by atomic mass is 35.5. The minimum Gasteiger partial charge on any atom is -0.325 e. The number of alkyl halides is 3. The Morgan fingerprint density at radius 1 is 1.17 bits per heavy atom. The number of halogens is 4. The molecule has 0 aliphatic carbocycles. The summed E-state index contributed by atoms with van der Waals surface area (Å²) in [4.78, 5) is 45.4. The lowest BCUT2D eigenvalue weighted by Crippen LogP contribution is -2.40. The third-order valence-electron chi connectivity index (χ3n) is 5.13. The van der Waals surface area contributed by atoms with E-state index in [4.69, 9.17) is 11.6 Å². The average molecular weight is 549 g/mol. The van der Waals surface area contributed by atoms with Gasteiger partial charge >= 0.3 is 12.1 Å². The van der Waals surface area contributed by atoms with Crippen LogP contribution in [0.2, 0.25) is 5.02 Å². The van der Waals surface area contributed by atoms with Gasteiger partial charge in [-0.1, -0.05) is 11.6 Å². The van der Waals surface area contributed by atoms with Gasteiger partial charge in [0.2, 0.25) is 5.91 Å². The number of hydroxylamine groups is 1. The molecule has 3 rings (SSSR count). The molecule has 1 aliphatic heterocycles. The van der Waals surface area contributed by atoms with Crippen LogP contribution < -0.4 is 15.7 Å². The first-order valence-electron chi connectivity index (χ1n) is 10.4. The summed E-state index contributed by atoms with van der Waals surface area (Å²) in [5.74, 6) is -5.56. The van der Waals surface area contributed by atoms with Gasteiger partial charge in [0.1, 0.15) is 0 Å². The van der Waals surface area contributed by atoms with Crippen molar-refractivity contribution in [1.29, 1.82) is 0 Å². The van der Waals surface area contributed by atoms with Crippen molar-refractivity contribution in [2.75, 3.05) is 29.7 Å².